The Morgan fingerprint density at radius 3 is 2.48 bits per heavy atom. The predicted octanol–water partition coefficient (Wildman–Crippen LogP) is 2.21. The van der Waals surface area contributed by atoms with Gasteiger partial charge < -0.3 is 4.74 Å². The number of hydrogen-bond donors (Lipinski definition) is 0. The second-order valence-corrected chi connectivity index (χ2v) is 6.61. The van der Waals surface area contributed by atoms with Crippen LogP contribution in [-0.2, 0) is 4.74 Å². The molecule has 2 heterocycles. The molecule has 6 nitrogen and oxygen atoms in total. The highest BCUT2D eigenvalue weighted by Gasteiger charge is 2.32. The summed E-state index contributed by atoms with van der Waals surface area (Å²) < 4.78 is 7.62. The Morgan fingerprint density at radius 1 is 1.10 bits per heavy atom. The van der Waals surface area contributed by atoms with E-state index in [0.29, 0.717) is 18.0 Å². The number of aromatic nitrogens is 4. The van der Waals surface area contributed by atoms with Gasteiger partial charge in [0.1, 0.15) is 0 Å². The molecule has 0 amide bonds. The van der Waals surface area contributed by atoms with Crippen molar-refractivity contribution in [1.82, 2.24) is 25.1 Å². The zero-order chi connectivity index (χ0) is 14.7. The number of rotatable bonds is 4. The fourth-order valence-electron chi connectivity index (χ4n) is 3.72. The lowest BCUT2D eigenvalue weighted by molar-refractivity contribution is 0.00162. The zero-order valence-corrected chi connectivity index (χ0v) is 13.2. The Hall–Kier alpha value is -1.01. The number of hydrogen-bond acceptors (Lipinski definition) is 5. The van der Waals surface area contributed by atoms with Crippen LogP contribution in [0, 0.1) is 5.92 Å². The molecule has 0 unspecified atom stereocenters. The van der Waals surface area contributed by atoms with Crippen LogP contribution in [0.3, 0.4) is 0 Å². The minimum Gasteiger partial charge on any atom is -0.379 e. The standard InChI is InChI=1S/C15H27N5O/c1-12(2)14(19-8-10-21-11-9-19)15-16-17-18-20(15)13-6-4-3-5-7-13/h12-14H,3-11H2,1-2H3/t14-/m0/s1. The van der Waals surface area contributed by atoms with Gasteiger partial charge in [-0.2, -0.15) is 0 Å². The van der Waals surface area contributed by atoms with Crippen molar-refractivity contribution in [1.29, 1.82) is 0 Å². The van der Waals surface area contributed by atoms with Crippen LogP contribution in [0.15, 0.2) is 0 Å². The summed E-state index contributed by atoms with van der Waals surface area (Å²) in [7, 11) is 0. The smallest absolute Gasteiger partial charge is 0.168 e. The average Bonchev–Trinajstić information content (AvgIpc) is 2.98. The van der Waals surface area contributed by atoms with Crippen LogP contribution >= 0.6 is 0 Å². The zero-order valence-electron chi connectivity index (χ0n) is 13.2. The quantitative estimate of drug-likeness (QED) is 0.852. The van der Waals surface area contributed by atoms with Gasteiger partial charge in [0.05, 0.1) is 25.3 Å². The number of morpholine rings is 1. The van der Waals surface area contributed by atoms with Crippen molar-refractivity contribution in [2.75, 3.05) is 26.3 Å². The van der Waals surface area contributed by atoms with E-state index in [1.54, 1.807) is 0 Å². The molecule has 3 rings (SSSR count). The van der Waals surface area contributed by atoms with Crippen molar-refractivity contribution in [2.45, 2.75) is 58.0 Å². The highest BCUT2D eigenvalue weighted by atomic mass is 16.5. The molecule has 1 saturated heterocycles. The van der Waals surface area contributed by atoms with Crippen LogP contribution in [0.1, 0.15) is 63.9 Å². The minimum atomic E-state index is 0.297. The molecule has 2 aliphatic rings. The Balaban J connectivity index is 1.83. The van der Waals surface area contributed by atoms with Gasteiger partial charge in [0, 0.05) is 13.1 Å². The van der Waals surface area contributed by atoms with Crippen LogP contribution in [-0.4, -0.2) is 51.4 Å². The van der Waals surface area contributed by atoms with E-state index < -0.39 is 0 Å². The maximum Gasteiger partial charge on any atom is 0.168 e. The third-order valence-electron chi connectivity index (χ3n) is 4.77. The highest BCUT2D eigenvalue weighted by molar-refractivity contribution is 4.98. The van der Waals surface area contributed by atoms with E-state index in [4.69, 9.17) is 4.74 Å². The third kappa shape index (κ3) is 3.26. The van der Waals surface area contributed by atoms with Crippen LogP contribution in [0.5, 0.6) is 0 Å². The molecular formula is C15H27N5O. The Labute approximate surface area is 126 Å². The first-order chi connectivity index (χ1) is 10.3. The van der Waals surface area contributed by atoms with Crippen LogP contribution in [0.2, 0.25) is 0 Å². The van der Waals surface area contributed by atoms with Crippen LogP contribution in [0.25, 0.3) is 0 Å². The molecule has 0 spiro atoms. The van der Waals surface area contributed by atoms with E-state index in [2.05, 4.69) is 39.0 Å². The first kappa shape index (κ1) is 14.9. The molecule has 1 aromatic rings. The van der Waals surface area contributed by atoms with Gasteiger partial charge in [-0.1, -0.05) is 33.1 Å². The normalized spacial score (nSPS) is 23.6. The van der Waals surface area contributed by atoms with Crippen molar-refractivity contribution in [3.8, 4) is 0 Å². The lowest BCUT2D eigenvalue weighted by atomic mass is 9.94. The van der Waals surface area contributed by atoms with Gasteiger partial charge in [0.2, 0.25) is 0 Å². The van der Waals surface area contributed by atoms with E-state index in [0.717, 1.165) is 32.1 Å². The fourth-order valence-corrected chi connectivity index (χ4v) is 3.72. The summed E-state index contributed by atoms with van der Waals surface area (Å²) in [5.74, 6) is 1.55. The van der Waals surface area contributed by atoms with E-state index in [9.17, 15) is 0 Å². The summed E-state index contributed by atoms with van der Waals surface area (Å²) in [5.41, 5.74) is 0. The average molecular weight is 293 g/mol. The molecule has 0 N–H and O–H groups in total. The van der Waals surface area contributed by atoms with Gasteiger partial charge in [-0.05, 0) is 29.2 Å². The molecule has 1 aliphatic heterocycles. The summed E-state index contributed by atoms with van der Waals surface area (Å²) in [6, 6.07) is 0.789. The Bertz CT molecular complexity index is 435. The fraction of sp³-hybridized carbons (Fsp3) is 0.933. The van der Waals surface area contributed by atoms with Crippen molar-refractivity contribution < 1.29 is 4.74 Å². The summed E-state index contributed by atoms with van der Waals surface area (Å²) in [6.07, 6.45) is 6.38. The third-order valence-corrected chi connectivity index (χ3v) is 4.77. The molecule has 0 bridgehead atoms. The van der Waals surface area contributed by atoms with Crippen molar-refractivity contribution in [3.05, 3.63) is 5.82 Å². The largest absolute Gasteiger partial charge is 0.379 e. The molecule has 0 aromatic carbocycles. The molecule has 1 saturated carbocycles. The van der Waals surface area contributed by atoms with Crippen LogP contribution in [0.4, 0.5) is 0 Å². The van der Waals surface area contributed by atoms with Gasteiger partial charge in [-0.15, -0.1) is 5.10 Å². The molecule has 0 radical (unpaired) electrons. The highest BCUT2D eigenvalue weighted by Crippen LogP contribution is 2.33. The van der Waals surface area contributed by atoms with Crippen molar-refractivity contribution in [2.24, 2.45) is 5.92 Å². The summed E-state index contributed by atoms with van der Waals surface area (Å²) in [5, 5.41) is 12.7. The van der Waals surface area contributed by atoms with Crippen molar-refractivity contribution >= 4 is 0 Å². The lowest BCUT2D eigenvalue weighted by Gasteiger charge is -2.36. The second kappa shape index (κ2) is 6.83. The maximum atomic E-state index is 5.49. The maximum absolute atomic E-state index is 5.49. The Kier molecular flexibility index (Phi) is 4.85. The summed E-state index contributed by atoms with van der Waals surface area (Å²) in [6.45, 7) is 8.10. The molecule has 118 valence electrons. The van der Waals surface area contributed by atoms with E-state index in [-0.39, 0.29) is 0 Å². The van der Waals surface area contributed by atoms with E-state index in [1.165, 1.54) is 32.1 Å². The van der Waals surface area contributed by atoms with Gasteiger partial charge in [-0.25, -0.2) is 4.68 Å². The molecule has 1 atom stereocenters. The number of ether oxygens (including phenoxy) is 1. The predicted molar refractivity (Wildman–Crippen MR) is 79.9 cm³/mol. The Morgan fingerprint density at radius 2 is 1.81 bits per heavy atom. The SMILES string of the molecule is CC(C)[C@@H](c1nnnn1C1CCCCC1)N1CCOCC1. The number of tetrazole rings is 1. The summed E-state index contributed by atoms with van der Waals surface area (Å²) >= 11 is 0. The number of nitrogens with zero attached hydrogens (tertiary/aromatic N) is 5. The molecular weight excluding hydrogens is 266 g/mol. The monoisotopic (exact) mass is 293 g/mol. The first-order valence-corrected chi connectivity index (χ1v) is 8.37. The van der Waals surface area contributed by atoms with Gasteiger partial charge in [-0.3, -0.25) is 4.90 Å². The molecule has 1 aliphatic carbocycles. The van der Waals surface area contributed by atoms with Gasteiger partial charge in [0.25, 0.3) is 0 Å². The lowest BCUT2D eigenvalue weighted by Crippen LogP contribution is -2.42. The van der Waals surface area contributed by atoms with Crippen molar-refractivity contribution in [3.63, 3.8) is 0 Å². The topological polar surface area (TPSA) is 56.1 Å². The molecule has 21 heavy (non-hydrogen) atoms. The minimum absolute atomic E-state index is 0.297. The molecule has 1 aromatic heterocycles. The van der Waals surface area contributed by atoms with Gasteiger partial charge in [0.15, 0.2) is 5.82 Å². The molecule has 2 fully saturated rings. The summed E-state index contributed by atoms with van der Waals surface area (Å²) in [4.78, 5) is 2.49. The van der Waals surface area contributed by atoms with Crippen LogP contribution < -0.4 is 0 Å². The van der Waals surface area contributed by atoms with E-state index >= 15 is 0 Å². The molecule has 6 heteroatoms. The van der Waals surface area contributed by atoms with Gasteiger partial charge >= 0.3 is 0 Å². The second-order valence-electron chi connectivity index (χ2n) is 6.61. The first-order valence-electron chi connectivity index (χ1n) is 8.37. The van der Waals surface area contributed by atoms with E-state index in [1.807, 2.05) is 0 Å².